The molecule has 4 rings (SSSR count). The van der Waals surface area contributed by atoms with Crippen molar-refractivity contribution in [2.45, 2.75) is 30.4 Å². The second-order valence-electron chi connectivity index (χ2n) is 7.20. The van der Waals surface area contributed by atoms with Crippen LogP contribution in [0.1, 0.15) is 40.4 Å². The summed E-state index contributed by atoms with van der Waals surface area (Å²) in [7, 11) is 1.68. The highest BCUT2D eigenvalue weighted by Gasteiger charge is 2.53. The van der Waals surface area contributed by atoms with E-state index in [4.69, 9.17) is 16.3 Å². The molecule has 2 aromatic carbocycles. The van der Waals surface area contributed by atoms with Gasteiger partial charge in [-0.1, -0.05) is 41.9 Å². The van der Waals surface area contributed by atoms with Crippen LogP contribution in [0.3, 0.4) is 0 Å². The lowest BCUT2D eigenvalue weighted by Crippen LogP contribution is -2.49. The zero-order valence-electron chi connectivity index (χ0n) is 15.1. The summed E-state index contributed by atoms with van der Waals surface area (Å²) in [4.78, 5) is 12.9. The maximum absolute atomic E-state index is 14.2. The van der Waals surface area contributed by atoms with Gasteiger partial charge in [-0.15, -0.1) is 0 Å². The molecule has 4 nitrogen and oxygen atoms in total. The van der Waals surface area contributed by atoms with E-state index in [0.29, 0.717) is 0 Å². The third-order valence-electron chi connectivity index (χ3n) is 5.91. The molecule has 2 N–H and O–H groups in total. The van der Waals surface area contributed by atoms with Crippen LogP contribution in [-0.2, 0) is 10.2 Å². The van der Waals surface area contributed by atoms with E-state index in [-0.39, 0.29) is 28.1 Å². The monoisotopic (exact) mass is 388 g/mol. The topological polar surface area (TPSA) is 50.4 Å². The Morgan fingerprint density at radius 1 is 1.22 bits per heavy atom. The fourth-order valence-corrected chi connectivity index (χ4v) is 4.98. The van der Waals surface area contributed by atoms with Gasteiger partial charge in [0.05, 0.1) is 22.7 Å². The number of benzene rings is 2. The second-order valence-corrected chi connectivity index (χ2v) is 7.60. The number of amides is 1. The Morgan fingerprint density at radius 3 is 2.67 bits per heavy atom. The van der Waals surface area contributed by atoms with Crippen LogP contribution in [0.5, 0.6) is 0 Å². The number of methoxy groups -OCH3 is 1. The Morgan fingerprint density at radius 2 is 1.96 bits per heavy atom. The lowest BCUT2D eigenvalue weighted by molar-refractivity contribution is 0.00393. The van der Waals surface area contributed by atoms with Crippen molar-refractivity contribution in [3.63, 3.8) is 0 Å². The summed E-state index contributed by atoms with van der Waals surface area (Å²) in [5, 5.41) is 6.50. The molecule has 6 heteroatoms. The van der Waals surface area contributed by atoms with E-state index in [1.54, 1.807) is 7.11 Å². The molecule has 0 aromatic heterocycles. The molecule has 142 valence electrons. The van der Waals surface area contributed by atoms with Crippen molar-refractivity contribution in [3.8, 4) is 0 Å². The third kappa shape index (κ3) is 2.94. The number of piperidine rings is 1. The molecule has 1 aliphatic carbocycles. The van der Waals surface area contributed by atoms with Crippen LogP contribution in [0.25, 0.3) is 0 Å². The minimum Gasteiger partial charge on any atom is -0.378 e. The highest BCUT2D eigenvalue weighted by atomic mass is 35.5. The maximum Gasteiger partial charge on any atom is 0.256 e. The van der Waals surface area contributed by atoms with Gasteiger partial charge in [-0.2, -0.15) is 0 Å². The Kier molecular flexibility index (Phi) is 4.93. The van der Waals surface area contributed by atoms with Crippen LogP contribution in [0.2, 0.25) is 5.02 Å². The molecule has 1 heterocycles. The Hall–Kier alpha value is -1.95. The average Bonchev–Trinajstić information content (AvgIpc) is 2.91. The molecule has 27 heavy (non-hydrogen) atoms. The fraction of sp³-hybridized carbons (Fsp3) is 0.381. The molecule has 1 spiro atoms. The van der Waals surface area contributed by atoms with Crippen LogP contribution in [-0.4, -0.2) is 32.2 Å². The minimum atomic E-state index is -0.628. The molecular formula is C21H22ClFN2O2. The molecule has 1 amide bonds. The zero-order chi connectivity index (χ0) is 19.0. The second kappa shape index (κ2) is 7.23. The minimum absolute atomic E-state index is 0.101. The largest absolute Gasteiger partial charge is 0.378 e. The number of rotatable bonds is 3. The van der Waals surface area contributed by atoms with E-state index in [2.05, 4.69) is 16.7 Å². The first kappa shape index (κ1) is 18.4. The number of nitrogens with one attached hydrogen (secondary N) is 2. The number of ether oxygens (including phenoxy) is 1. The number of hydrogen-bond donors (Lipinski definition) is 2. The zero-order valence-corrected chi connectivity index (χ0v) is 15.9. The van der Waals surface area contributed by atoms with E-state index in [1.165, 1.54) is 23.8 Å². The van der Waals surface area contributed by atoms with Crippen molar-refractivity contribution in [2.24, 2.45) is 0 Å². The smallest absolute Gasteiger partial charge is 0.256 e. The van der Waals surface area contributed by atoms with Crippen LogP contribution in [0.15, 0.2) is 42.5 Å². The van der Waals surface area contributed by atoms with Crippen molar-refractivity contribution in [2.75, 3.05) is 20.2 Å². The normalized spacial score (nSPS) is 23.2. The number of fused-ring (bicyclic) bond motifs is 2. The van der Waals surface area contributed by atoms with Crippen molar-refractivity contribution < 1.29 is 13.9 Å². The molecule has 2 atom stereocenters. The van der Waals surface area contributed by atoms with Gasteiger partial charge >= 0.3 is 0 Å². The number of halogens is 2. The van der Waals surface area contributed by atoms with E-state index in [1.807, 2.05) is 18.2 Å². The molecule has 1 aliphatic heterocycles. The lowest BCUT2D eigenvalue weighted by atomic mass is 9.72. The van der Waals surface area contributed by atoms with Gasteiger partial charge in [0.1, 0.15) is 5.82 Å². The molecule has 0 bridgehead atoms. The number of carbonyl (C=O) groups is 1. The highest BCUT2D eigenvalue weighted by Crippen LogP contribution is 2.51. The number of hydrogen-bond acceptors (Lipinski definition) is 3. The SMILES string of the molecule is CO[C@@H]1[C@@H](NC(=O)c2c(F)cccc2Cl)c2ccccc2C12CCNCC2. The molecule has 2 aromatic rings. The van der Waals surface area contributed by atoms with Gasteiger partial charge in [0.15, 0.2) is 0 Å². The summed E-state index contributed by atoms with van der Waals surface area (Å²) >= 11 is 6.08. The van der Waals surface area contributed by atoms with Gasteiger partial charge in [-0.05, 0) is 49.2 Å². The highest BCUT2D eigenvalue weighted by molar-refractivity contribution is 6.33. The van der Waals surface area contributed by atoms with Crippen LogP contribution >= 0.6 is 11.6 Å². The molecule has 0 saturated carbocycles. The van der Waals surface area contributed by atoms with Crippen molar-refractivity contribution in [1.82, 2.24) is 10.6 Å². The van der Waals surface area contributed by atoms with Gasteiger partial charge in [-0.25, -0.2) is 4.39 Å². The summed E-state index contributed by atoms with van der Waals surface area (Å²) in [5.74, 6) is -1.15. The molecule has 2 aliphatic rings. The quantitative estimate of drug-likeness (QED) is 0.844. The third-order valence-corrected chi connectivity index (χ3v) is 6.22. The predicted molar refractivity (Wildman–Crippen MR) is 103 cm³/mol. The Labute approximate surface area is 163 Å². The van der Waals surface area contributed by atoms with E-state index in [9.17, 15) is 9.18 Å². The van der Waals surface area contributed by atoms with Gasteiger partial charge < -0.3 is 15.4 Å². The van der Waals surface area contributed by atoms with Crippen LogP contribution < -0.4 is 10.6 Å². The molecule has 1 saturated heterocycles. The fourth-order valence-electron chi connectivity index (χ4n) is 4.73. The van der Waals surface area contributed by atoms with Crippen molar-refractivity contribution in [3.05, 3.63) is 70.0 Å². The summed E-state index contributed by atoms with van der Waals surface area (Å²) in [5.41, 5.74) is 1.96. The van der Waals surface area contributed by atoms with Gasteiger partial charge in [-0.3, -0.25) is 4.79 Å². The van der Waals surface area contributed by atoms with E-state index >= 15 is 0 Å². The van der Waals surface area contributed by atoms with Gasteiger partial charge in [0.25, 0.3) is 5.91 Å². The van der Waals surface area contributed by atoms with Gasteiger partial charge in [0.2, 0.25) is 0 Å². The summed E-state index contributed by atoms with van der Waals surface area (Å²) in [6.07, 6.45) is 1.64. The Balaban J connectivity index is 1.73. The van der Waals surface area contributed by atoms with Crippen LogP contribution in [0, 0.1) is 5.82 Å². The first-order valence-corrected chi connectivity index (χ1v) is 9.54. The van der Waals surface area contributed by atoms with Crippen molar-refractivity contribution >= 4 is 17.5 Å². The number of carbonyl (C=O) groups excluding carboxylic acids is 1. The standard InChI is InChI=1S/C21H22ClFN2O2/c1-27-19-18(25-20(26)17-15(22)7-4-8-16(17)23)13-5-2-3-6-14(13)21(19)9-11-24-12-10-21/h2-8,18-19,24H,9-12H2,1H3,(H,25,26)/t18-,19+/m0/s1. The molecule has 0 radical (unpaired) electrons. The van der Waals surface area contributed by atoms with Gasteiger partial charge in [0, 0.05) is 12.5 Å². The lowest BCUT2D eigenvalue weighted by Gasteiger charge is -2.40. The van der Waals surface area contributed by atoms with E-state index < -0.39 is 11.7 Å². The summed E-state index contributed by atoms with van der Waals surface area (Å²) in [6.45, 7) is 1.79. The van der Waals surface area contributed by atoms with Crippen molar-refractivity contribution in [1.29, 1.82) is 0 Å². The summed E-state index contributed by atoms with van der Waals surface area (Å²) in [6, 6.07) is 12.0. The molecular weight excluding hydrogens is 367 g/mol. The summed E-state index contributed by atoms with van der Waals surface area (Å²) < 4.78 is 20.1. The predicted octanol–water partition coefficient (Wildman–Crippen LogP) is 3.60. The molecule has 1 fully saturated rings. The first-order chi connectivity index (χ1) is 13.1. The average molecular weight is 389 g/mol. The maximum atomic E-state index is 14.2. The van der Waals surface area contributed by atoms with E-state index in [0.717, 1.165) is 31.5 Å². The van der Waals surface area contributed by atoms with Crippen LogP contribution in [0.4, 0.5) is 4.39 Å². The first-order valence-electron chi connectivity index (χ1n) is 9.16. The molecule has 0 unspecified atom stereocenters. The Bertz CT molecular complexity index is 847.